The van der Waals surface area contributed by atoms with Crippen LogP contribution in [0, 0.1) is 0 Å². The summed E-state index contributed by atoms with van der Waals surface area (Å²) in [6, 6.07) is 0.668. The second-order valence-corrected chi connectivity index (χ2v) is 3.68. The summed E-state index contributed by atoms with van der Waals surface area (Å²) in [6.45, 7) is 4.15. The second-order valence-electron chi connectivity index (χ2n) is 2.88. The van der Waals surface area contributed by atoms with Gasteiger partial charge in [-0.1, -0.05) is 22.9 Å². The summed E-state index contributed by atoms with van der Waals surface area (Å²) >= 11 is 3.45. The van der Waals surface area contributed by atoms with Crippen molar-refractivity contribution in [2.45, 2.75) is 32.2 Å². The van der Waals surface area contributed by atoms with Crippen molar-refractivity contribution in [3.05, 3.63) is 0 Å². The van der Waals surface area contributed by atoms with E-state index in [9.17, 15) is 0 Å². The topological polar surface area (TPSA) is 21.3 Å². The van der Waals surface area contributed by atoms with E-state index < -0.39 is 0 Å². The van der Waals surface area contributed by atoms with Crippen LogP contribution >= 0.6 is 15.9 Å². The molecule has 0 saturated heterocycles. The number of methoxy groups -OCH3 is 1. The Morgan fingerprint density at radius 1 is 1.50 bits per heavy atom. The molecule has 0 bridgehead atoms. The Labute approximate surface area is 84.2 Å². The molecule has 0 radical (unpaired) electrons. The Bertz CT molecular complexity index is 90.6. The lowest BCUT2D eigenvalue weighted by atomic mass is 10.2. The monoisotopic (exact) mass is 237 g/mol. The molecule has 0 spiro atoms. The van der Waals surface area contributed by atoms with E-state index in [4.69, 9.17) is 4.74 Å². The Morgan fingerprint density at radius 2 is 2.25 bits per heavy atom. The molecule has 1 atom stereocenters. The molecule has 0 rings (SSSR count). The molecule has 2 nitrogen and oxygen atoms in total. The molecule has 0 aliphatic rings. The van der Waals surface area contributed by atoms with Crippen molar-refractivity contribution in [2.75, 3.05) is 25.6 Å². The standard InChI is InChI=1S/C9H20BrNO/c1-3-9(5-6-10)11-7-4-8-12-2/h9,11H,3-8H2,1-2H3. The highest BCUT2D eigenvalue weighted by atomic mass is 79.9. The number of halogens is 1. The lowest BCUT2D eigenvalue weighted by Crippen LogP contribution is -2.30. The summed E-state index contributed by atoms with van der Waals surface area (Å²) in [5.41, 5.74) is 0. The average Bonchev–Trinajstić information content (AvgIpc) is 2.10. The maximum absolute atomic E-state index is 4.97. The highest BCUT2D eigenvalue weighted by molar-refractivity contribution is 9.09. The van der Waals surface area contributed by atoms with E-state index in [0.717, 1.165) is 24.9 Å². The van der Waals surface area contributed by atoms with E-state index in [1.54, 1.807) is 7.11 Å². The molecule has 1 unspecified atom stereocenters. The summed E-state index contributed by atoms with van der Waals surface area (Å²) in [7, 11) is 1.75. The highest BCUT2D eigenvalue weighted by Gasteiger charge is 2.02. The summed E-state index contributed by atoms with van der Waals surface area (Å²) in [6.07, 6.45) is 3.53. The summed E-state index contributed by atoms with van der Waals surface area (Å²) in [4.78, 5) is 0. The zero-order chi connectivity index (χ0) is 9.23. The van der Waals surface area contributed by atoms with Crippen molar-refractivity contribution in [1.82, 2.24) is 5.32 Å². The molecule has 0 aromatic carbocycles. The maximum Gasteiger partial charge on any atom is 0.0474 e. The molecule has 3 heteroatoms. The van der Waals surface area contributed by atoms with Gasteiger partial charge in [-0.05, 0) is 25.8 Å². The van der Waals surface area contributed by atoms with Crippen LogP contribution in [-0.4, -0.2) is 31.6 Å². The van der Waals surface area contributed by atoms with Gasteiger partial charge in [0, 0.05) is 25.1 Å². The molecular weight excluding hydrogens is 218 g/mol. The van der Waals surface area contributed by atoms with Crippen LogP contribution in [0.3, 0.4) is 0 Å². The minimum atomic E-state index is 0.668. The summed E-state index contributed by atoms with van der Waals surface area (Å²) < 4.78 is 4.97. The van der Waals surface area contributed by atoms with Gasteiger partial charge in [-0.25, -0.2) is 0 Å². The number of hydrogen-bond donors (Lipinski definition) is 1. The smallest absolute Gasteiger partial charge is 0.0474 e. The molecular formula is C9H20BrNO. The number of nitrogens with one attached hydrogen (secondary N) is 1. The third kappa shape index (κ3) is 7.07. The van der Waals surface area contributed by atoms with Crippen LogP contribution in [0.1, 0.15) is 26.2 Å². The normalized spacial score (nSPS) is 13.2. The molecule has 1 N–H and O–H groups in total. The molecule has 0 saturated carbocycles. The lowest BCUT2D eigenvalue weighted by Gasteiger charge is -2.14. The number of ether oxygens (including phenoxy) is 1. The quantitative estimate of drug-likeness (QED) is 0.517. The average molecular weight is 238 g/mol. The third-order valence-corrected chi connectivity index (χ3v) is 2.37. The predicted molar refractivity (Wildman–Crippen MR) is 57.0 cm³/mol. The van der Waals surface area contributed by atoms with Gasteiger partial charge in [-0.3, -0.25) is 0 Å². The zero-order valence-corrected chi connectivity index (χ0v) is 9.69. The van der Waals surface area contributed by atoms with Gasteiger partial charge in [-0.2, -0.15) is 0 Å². The molecule has 0 fully saturated rings. The van der Waals surface area contributed by atoms with Crippen LogP contribution in [0.5, 0.6) is 0 Å². The van der Waals surface area contributed by atoms with Crippen LogP contribution < -0.4 is 5.32 Å². The summed E-state index contributed by atoms with van der Waals surface area (Å²) in [5.74, 6) is 0. The number of rotatable bonds is 8. The van der Waals surface area contributed by atoms with Gasteiger partial charge in [0.25, 0.3) is 0 Å². The Hall–Kier alpha value is 0.400. The van der Waals surface area contributed by atoms with E-state index >= 15 is 0 Å². The Kier molecular flexibility index (Phi) is 9.80. The molecule has 74 valence electrons. The number of alkyl halides is 1. The Morgan fingerprint density at radius 3 is 2.75 bits per heavy atom. The van der Waals surface area contributed by atoms with Crippen molar-refractivity contribution in [3.8, 4) is 0 Å². The third-order valence-electron chi connectivity index (χ3n) is 1.91. The number of hydrogen-bond acceptors (Lipinski definition) is 2. The van der Waals surface area contributed by atoms with Gasteiger partial charge in [0.1, 0.15) is 0 Å². The van der Waals surface area contributed by atoms with Gasteiger partial charge in [0.05, 0.1) is 0 Å². The Balaban J connectivity index is 3.19. The molecule has 0 amide bonds. The molecule has 12 heavy (non-hydrogen) atoms. The maximum atomic E-state index is 4.97. The van der Waals surface area contributed by atoms with Crippen LogP contribution in [0.15, 0.2) is 0 Å². The summed E-state index contributed by atoms with van der Waals surface area (Å²) in [5, 5.41) is 4.58. The van der Waals surface area contributed by atoms with E-state index in [0.29, 0.717) is 6.04 Å². The first-order valence-electron chi connectivity index (χ1n) is 4.63. The first-order valence-corrected chi connectivity index (χ1v) is 5.75. The fraction of sp³-hybridized carbons (Fsp3) is 1.00. The SMILES string of the molecule is CCC(CCBr)NCCCOC. The van der Waals surface area contributed by atoms with E-state index in [-0.39, 0.29) is 0 Å². The minimum absolute atomic E-state index is 0.668. The van der Waals surface area contributed by atoms with E-state index in [1.807, 2.05) is 0 Å². The van der Waals surface area contributed by atoms with Crippen LogP contribution in [0.2, 0.25) is 0 Å². The van der Waals surface area contributed by atoms with Crippen molar-refractivity contribution >= 4 is 15.9 Å². The molecule has 0 aliphatic carbocycles. The molecule has 0 aromatic heterocycles. The van der Waals surface area contributed by atoms with Gasteiger partial charge in [0.2, 0.25) is 0 Å². The van der Waals surface area contributed by atoms with E-state index in [2.05, 4.69) is 28.2 Å². The van der Waals surface area contributed by atoms with Crippen molar-refractivity contribution in [3.63, 3.8) is 0 Å². The predicted octanol–water partition coefficient (Wildman–Crippen LogP) is 2.18. The second kappa shape index (κ2) is 9.49. The van der Waals surface area contributed by atoms with Crippen molar-refractivity contribution < 1.29 is 4.74 Å². The van der Waals surface area contributed by atoms with Gasteiger partial charge in [-0.15, -0.1) is 0 Å². The fourth-order valence-corrected chi connectivity index (χ4v) is 1.66. The first-order chi connectivity index (χ1) is 5.85. The zero-order valence-electron chi connectivity index (χ0n) is 8.11. The molecule has 0 heterocycles. The van der Waals surface area contributed by atoms with Crippen LogP contribution in [0.25, 0.3) is 0 Å². The van der Waals surface area contributed by atoms with Gasteiger partial charge >= 0.3 is 0 Å². The van der Waals surface area contributed by atoms with Crippen LogP contribution in [0.4, 0.5) is 0 Å². The lowest BCUT2D eigenvalue weighted by molar-refractivity contribution is 0.193. The van der Waals surface area contributed by atoms with Crippen molar-refractivity contribution in [1.29, 1.82) is 0 Å². The fourth-order valence-electron chi connectivity index (χ4n) is 1.10. The largest absolute Gasteiger partial charge is 0.385 e. The van der Waals surface area contributed by atoms with Crippen molar-refractivity contribution in [2.24, 2.45) is 0 Å². The van der Waals surface area contributed by atoms with Crippen LogP contribution in [-0.2, 0) is 4.74 Å². The molecule has 0 aromatic rings. The molecule has 0 aliphatic heterocycles. The first kappa shape index (κ1) is 12.4. The van der Waals surface area contributed by atoms with Gasteiger partial charge in [0.15, 0.2) is 0 Å². The van der Waals surface area contributed by atoms with E-state index in [1.165, 1.54) is 12.8 Å². The van der Waals surface area contributed by atoms with Gasteiger partial charge < -0.3 is 10.1 Å². The minimum Gasteiger partial charge on any atom is -0.385 e. The highest BCUT2D eigenvalue weighted by Crippen LogP contribution is 2.00.